The Balaban J connectivity index is 2.43. The molecule has 1 nitrogen and oxygen atoms in total. The molecule has 10 heavy (non-hydrogen) atoms. The molecular formula is C9H10O. The third-order valence-electron chi connectivity index (χ3n) is 1.13. The number of rotatable bonds is 3. The topological polar surface area (TPSA) is 9.23 Å². The van der Waals surface area contributed by atoms with Crippen LogP contribution in [0.25, 0.3) is 0 Å². The molecule has 52 valence electrons. The molecule has 0 amide bonds. The summed E-state index contributed by atoms with van der Waals surface area (Å²) in [5.41, 5.74) is 0. The second-order valence-electron chi connectivity index (χ2n) is 1.95. The highest BCUT2D eigenvalue weighted by Gasteiger charge is 1.86. The third-order valence-corrected chi connectivity index (χ3v) is 1.13. The largest absolute Gasteiger partial charge is 0.494 e. The van der Waals surface area contributed by atoms with Gasteiger partial charge in [-0.3, -0.25) is 0 Å². The van der Waals surface area contributed by atoms with Crippen molar-refractivity contribution in [2.45, 2.75) is 6.42 Å². The van der Waals surface area contributed by atoms with Gasteiger partial charge in [-0.1, -0.05) is 18.2 Å². The van der Waals surface area contributed by atoms with E-state index in [0.29, 0.717) is 13.0 Å². The van der Waals surface area contributed by atoms with Gasteiger partial charge in [0.05, 0.1) is 6.61 Å². The van der Waals surface area contributed by atoms with Crippen LogP contribution in [0.5, 0.6) is 5.75 Å². The van der Waals surface area contributed by atoms with Crippen LogP contribution >= 0.6 is 0 Å². The van der Waals surface area contributed by atoms with E-state index in [4.69, 9.17) is 11.7 Å². The van der Waals surface area contributed by atoms with Gasteiger partial charge in [0, 0.05) is 0 Å². The van der Waals surface area contributed by atoms with Gasteiger partial charge in [0.25, 0.3) is 0 Å². The predicted molar refractivity (Wildman–Crippen MR) is 40.9 cm³/mol. The van der Waals surface area contributed by atoms with E-state index in [2.05, 4.69) is 0 Å². The van der Waals surface area contributed by atoms with E-state index in [9.17, 15) is 0 Å². The molecule has 0 spiro atoms. The van der Waals surface area contributed by atoms with Gasteiger partial charge < -0.3 is 4.74 Å². The van der Waals surface area contributed by atoms with E-state index in [-0.39, 0.29) is 0 Å². The minimum atomic E-state index is 0.564. The predicted octanol–water partition coefficient (Wildman–Crippen LogP) is 2.17. The third kappa shape index (κ3) is 2.09. The number of hydrogen-bond acceptors (Lipinski definition) is 1. The van der Waals surface area contributed by atoms with E-state index in [1.807, 2.05) is 30.3 Å². The van der Waals surface area contributed by atoms with Crippen molar-refractivity contribution in [2.75, 3.05) is 6.61 Å². The van der Waals surface area contributed by atoms with Crippen LogP contribution in [0.2, 0.25) is 0 Å². The Hall–Kier alpha value is -0.980. The Morgan fingerprint density at radius 3 is 2.50 bits per heavy atom. The van der Waals surface area contributed by atoms with E-state index >= 15 is 0 Å². The lowest BCUT2D eigenvalue weighted by Gasteiger charge is -2.01. The zero-order chi connectivity index (χ0) is 7.23. The fraction of sp³-hybridized carbons (Fsp3) is 0.222. The Morgan fingerprint density at radius 1 is 1.20 bits per heavy atom. The van der Waals surface area contributed by atoms with Gasteiger partial charge in [0.2, 0.25) is 0 Å². The summed E-state index contributed by atoms with van der Waals surface area (Å²) in [6, 6.07) is 9.65. The highest BCUT2D eigenvalue weighted by atomic mass is 16.5. The first-order valence-corrected chi connectivity index (χ1v) is 3.31. The van der Waals surface area contributed by atoms with E-state index in [0.717, 1.165) is 5.75 Å². The first-order valence-electron chi connectivity index (χ1n) is 3.31. The van der Waals surface area contributed by atoms with Crippen molar-refractivity contribution in [2.24, 2.45) is 0 Å². The summed E-state index contributed by atoms with van der Waals surface area (Å²) in [7, 11) is 0. The van der Waals surface area contributed by atoms with Crippen LogP contribution in [0.1, 0.15) is 6.42 Å². The summed E-state index contributed by atoms with van der Waals surface area (Å²) < 4.78 is 5.23. The van der Waals surface area contributed by atoms with Gasteiger partial charge in [-0.15, -0.1) is 0 Å². The summed E-state index contributed by atoms with van der Waals surface area (Å²) >= 11 is 0. The summed E-state index contributed by atoms with van der Waals surface area (Å²) in [5.74, 6) is 0.882. The maximum absolute atomic E-state index is 5.25. The number of para-hydroxylation sites is 1. The molecule has 0 saturated carbocycles. The van der Waals surface area contributed by atoms with Gasteiger partial charge in [0.15, 0.2) is 0 Å². The molecule has 2 radical (unpaired) electrons. The van der Waals surface area contributed by atoms with Crippen molar-refractivity contribution in [3.8, 4) is 5.75 Å². The lowest BCUT2D eigenvalue weighted by molar-refractivity contribution is 0.324. The van der Waals surface area contributed by atoms with Crippen LogP contribution in [0.4, 0.5) is 0 Å². The number of benzene rings is 1. The summed E-state index contributed by atoms with van der Waals surface area (Å²) in [6.45, 7) is 5.84. The minimum absolute atomic E-state index is 0.564. The molecule has 0 aliphatic rings. The van der Waals surface area contributed by atoms with E-state index in [1.165, 1.54) is 0 Å². The van der Waals surface area contributed by atoms with E-state index < -0.39 is 0 Å². The monoisotopic (exact) mass is 134 g/mol. The number of ether oxygens (including phenoxy) is 1. The Kier molecular flexibility index (Phi) is 2.81. The van der Waals surface area contributed by atoms with Crippen molar-refractivity contribution in [3.05, 3.63) is 37.3 Å². The molecule has 0 bridgehead atoms. The van der Waals surface area contributed by atoms with Crippen molar-refractivity contribution in [1.82, 2.24) is 0 Å². The standard InChI is InChI=1S/C9H10O/c1-2-8-10-9-6-4-3-5-7-9/h1,3-7H,2,8H2. The zero-order valence-corrected chi connectivity index (χ0v) is 5.79. The second-order valence-corrected chi connectivity index (χ2v) is 1.95. The van der Waals surface area contributed by atoms with Crippen LogP contribution < -0.4 is 4.74 Å². The van der Waals surface area contributed by atoms with Gasteiger partial charge in [-0.2, -0.15) is 0 Å². The quantitative estimate of drug-likeness (QED) is 0.615. The summed E-state index contributed by atoms with van der Waals surface area (Å²) in [4.78, 5) is 0. The lowest BCUT2D eigenvalue weighted by Crippen LogP contribution is -1.93. The smallest absolute Gasteiger partial charge is 0.119 e. The van der Waals surface area contributed by atoms with Crippen LogP contribution in [0, 0.1) is 6.92 Å². The molecule has 0 saturated heterocycles. The maximum atomic E-state index is 5.25. The average Bonchev–Trinajstić information content (AvgIpc) is 2.03. The minimum Gasteiger partial charge on any atom is -0.494 e. The highest BCUT2D eigenvalue weighted by molar-refractivity contribution is 5.20. The molecule has 0 aromatic heterocycles. The molecule has 1 rings (SSSR count). The first kappa shape index (κ1) is 7.13. The Labute approximate surface area is 61.6 Å². The van der Waals surface area contributed by atoms with Gasteiger partial charge in [0.1, 0.15) is 5.75 Å². The molecule has 1 aromatic rings. The molecule has 0 aliphatic carbocycles. The van der Waals surface area contributed by atoms with Crippen molar-refractivity contribution in [3.63, 3.8) is 0 Å². The molecule has 0 heterocycles. The van der Waals surface area contributed by atoms with Gasteiger partial charge in [-0.25, -0.2) is 0 Å². The van der Waals surface area contributed by atoms with E-state index in [1.54, 1.807) is 0 Å². The van der Waals surface area contributed by atoms with Crippen LogP contribution in [0.3, 0.4) is 0 Å². The Bertz CT molecular complexity index is 169. The normalized spacial score (nSPS) is 9.30. The fourth-order valence-corrected chi connectivity index (χ4v) is 0.693. The second kappa shape index (κ2) is 3.94. The molecule has 0 N–H and O–H groups in total. The lowest BCUT2D eigenvalue weighted by atomic mass is 10.3. The highest BCUT2D eigenvalue weighted by Crippen LogP contribution is 2.07. The van der Waals surface area contributed by atoms with Gasteiger partial charge >= 0.3 is 0 Å². The molecule has 1 heteroatoms. The zero-order valence-electron chi connectivity index (χ0n) is 5.79. The van der Waals surface area contributed by atoms with Crippen molar-refractivity contribution in [1.29, 1.82) is 0 Å². The van der Waals surface area contributed by atoms with Crippen molar-refractivity contribution >= 4 is 0 Å². The van der Waals surface area contributed by atoms with Crippen LogP contribution in [-0.2, 0) is 0 Å². The molecule has 1 aromatic carbocycles. The molecule has 0 atom stereocenters. The summed E-state index contributed by atoms with van der Waals surface area (Å²) in [6.07, 6.45) is 0.564. The van der Waals surface area contributed by atoms with Crippen molar-refractivity contribution < 1.29 is 4.74 Å². The fourth-order valence-electron chi connectivity index (χ4n) is 0.693. The van der Waals surface area contributed by atoms with Crippen LogP contribution in [-0.4, -0.2) is 6.61 Å². The molecular weight excluding hydrogens is 124 g/mol. The van der Waals surface area contributed by atoms with Crippen LogP contribution in [0.15, 0.2) is 30.3 Å². The Morgan fingerprint density at radius 2 is 1.90 bits per heavy atom. The number of hydrogen-bond donors (Lipinski definition) is 0. The summed E-state index contributed by atoms with van der Waals surface area (Å²) in [5, 5.41) is 0. The first-order chi connectivity index (χ1) is 4.93. The molecule has 0 fully saturated rings. The van der Waals surface area contributed by atoms with Gasteiger partial charge in [-0.05, 0) is 25.5 Å². The average molecular weight is 134 g/mol. The molecule has 0 aliphatic heterocycles. The maximum Gasteiger partial charge on any atom is 0.119 e. The molecule has 0 unspecified atom stereocenters. The SMILES string of the molecule is [CH]CCOc1ccccc1.